The van der Waals surface area contributed by atoms with Gasteiger partial charge in [-0.25, -0.2) is 4.39 Å². The highest BCUT2D eigenvalue weighted by atomic mass is 32.2. The van der Waals surface area contributed by atoms with Crippen molar-refractivity contribution in [1.29, 1.82) is 0 Å². The molecule has 6 unspecified atom stereocenters. The van der Waals surface area contributed by atoms with Gasteiger partial charge in [0.1, 0.15) is 5.82 Å². The van der Waals surface area contributed by atoms with Crippen molar-refractivity contribution in [3.8, 4) is 0 Å². The molecule has 6 atom stereocenters. The minimum absolute atomic E-state index is 0.0792. The molecule has 2 bridgehead atoms. The van der Waals surface area contributed by atoms with E-state index in [4.69, 9.17) is 14.0 Å². The van der Waals surface area contributed by atoms with Crippen LogP contribution in [-0.2, 0) is 31.6 Å². The third-order valence-electron chi connectivity index (χ3n) is 6.51. The highest BCUT2D eigenvalue weighted by Gasteiger charge is 2.75. The van der Waals surface area contributed by atoms with Crippen LogP contribution in [0.1, 0.15) is 30.9 Å². The number of hydrogen-bond acceptors (Lipinski definition) is 4. The fraction of sp³-hybridized carbons (Fsp3) is 0.667. The van der Waals surface area contributed by atoms with E-state index in [1.165, 1.54) is 0 Å². The van der Waals surface area contributed by atoms with Crippen LogP contribution in [0, 0.1) is 23.6 Å². The normalized spacial score (nSPS) is 35.4. The topological polar surface area (TPSA) is 72.8 Å². The molecule has 0 spiro atoms. The standard InChI is InChI=1S/C18H16F8O5S/c1-15(8-4-9(17(22,23)24)6-10(19)5-8)30-13-7-2-11(14(13)31-15)12(3-7)16(20,21)18(25,26)32(27,28)29/h4-7,11-14H,2-3H2,1H3,(H,27,28,29). The average Bonchev–Trinajstić information content (AvgIpc) is 3.29. The van der Waals surface area contributed by atoms with Gasteiger partial charge in [-0.2, -0.15) is 39.2 Å². The van der Waals surface area contributed by atoms with Gasteiger partial charge in [0.2, 0.25) is 0 Å². The SMILES string of the molecule is CC1(c2cc(F)cc(C(F)(F)F)c2)OC2C3CC(C2O1)C(C(F)(F)C(F)(F)S(=O)(=O)O)C3. The Balaban J connectivity index is 1.64. The fourth-order valence-corrected chi connectivity index (χ4v) is 5.57. The minimum atomic E-state index is -6.43. The van der Waals surface area contributed by atoms with Gasteiger partial charge in [-0.05, 0) is 49.8 Å². The second-order valence-electron chi connectivity index (χ2n) is 8.45. The third kappa shape index (κ3) is 3.32. The van der Waals surface area contributed by atoms with E-state index in [9.17, 15) is 43.5 Å². The van der Waals surface area contributed by atoms with Gasteiger partial charge in [0, 0.05) is 11.5 Å². The Morgan fingerprint density at radius 3 is 2.16 bits per heavy atom. The summed E-state index contributed by atoms with van der Waals surface area (Å²) in [6.45, 7) is 1.15. The lowest BCUT2D eigenvalue weighted by molar-refractivity contribution is -0.214. The van der Waals surface area contributed by atoms with Gasteiger partial charge in [-0.15, -0.1) is 0 Å². The van der Waals surface area contributed by atoms with Gasteiger partial charge in [-0.3, -0.25) is 4.55 Å². The molecule has 3 fully saturated rings. The summed E-state index contributed by atoms with van der Waals surface area (Å²) in [4.78, 5) is 0. The van der Waals surface area contributed by atoms with Crippen LogP contribution < -0.4 is 0 Å². The molecule has 3 aliphatic rings. The van der Waals surface area contributed by atoms with Crippen LogP contribution in [0.2, 0.25) is 0 Å². The molecule has 14 heteroatoms. The average molecular weight is 496 g/mol. The second kappa shape index (κ2) is 6.76. The van der Waals surface area contributed by atoms with Crippen LogP contribution in [0.5, 0.6) is 0 Å². The number of ether oxygens (including phenoxy) is 2. The molecule has 0 amide bonds. The van der Waals surface area contributed by atoms with Crippen LogP contribution in [0.4, 0.5) is 35.1 Å². The number of rotatable bonds is 4. The van der Waals surface area contributed by atoms with E-state index in [-0.39, 0.29) is 18.1 Å². The Morgan fingerprint density at radius 1 is 1.00 bits per heavy atom. The first-order valence-electron chi connectivity index (χ1n) is 9.35. The summed E-state index contributed by atoms with van der Waals surface area (Å²) in [5.74, 6) is -12.7. The van der Waals surface area contributed by atoms with Gasteiger partial charge in [0.25, 0.3) is 0 Å². The van der Waals surface area contributed by atoms with Crippen molar-refractivity contribution < 1.29 is 57.6 Å². The first-order chi connectivity index (χ1) is 14.4. The van der Waals surface area contributed by atoms with E-state index in [0.29, 0.717) is 6.07 Å². The maximum atomic E-state index is 14.5. The number of hydrogen-bond donors (Lipinski definition) is 1. The Labute approximate surface area is 176 Å². The molecule has 5 nitrogen and oxygen atoms in total. The molecule has 180 valence electrons. The summed E-state index contributed by atoms with van der Waals surface area (Å²) in [6, 6.07) is 1.54. The van der Waals surface area contributed by atoms with Crippen LogP contribution in [0.3, 0.4) is 0 Å². The highest BCUT2D eigenvalue weighted by Crippen LogP contribution is 2.63. The molecule has 1 aromatic rings. The number of halogens is 8. The molecule has 1 aliphatic heterocycles. The first-order valence-corrected chi connectivity index (χ1v) is 10.8. The number of alkyl halides is 7. The van der Waals surface area contributed by atoms with Crippen molar-refractivity contribution >= 4 is 10.1 Å². The lowest BCUT2D eigenvalue weighted by atomic mass is 9.81. The third-order valence-corrected chi connectivity index (χ3v) is 7.43. The van der Waals surface area contributed by atoms with E-state index < -0.39 is 81.0 Å². The van der Waals surface area contributed by atoms with Crippen molar-refractivity contribution in [3.05, 3.63) is 35.1 Å². The number of benzene rings is 1. The molecule has 4 rings (SSSR count). The highest BCUT2D eigenvalue weighted by molar-refractivity contribution is 7.87. The Morgan fingerprint density at radius 2 is 1.59 bits per heavy atom. The smallest absolute Gasteiger partial charge is 0.340 e. The zero-order chi connectivity index (χ0) is 24.1. The van der Waals surface area contributed by atoms with Crippen LogP contribution >= 0.6 is 0 Å². The first kappa shape index (κ1) is 23.6. The molecule has 0 radical (unpaired) electrons. The Hall–Kier alpha value is -1.51. The lowest BCUT2D eigenvalue weighted by Gasteiger charge is -2.36. The Kier molecular flexibility index (Phi) is 5.00. The van der Waals surface area contributed by atoms with E-state index in [1.807, 2.05) is 0 Å². The van der Waals surface area contributed by atoms with Crippen molar-refractivity contribution in [3.63, 3.8) is 0 Å². The van der Waals surface area contributed by atoms with Gasteiger partial charge in [-0.1, -0.05) is 0 Å². The lowest BCUT2D eigenvalue weighted by Crippen LogP contribution is -2.55. The predicted molar refractivity (Wildman–Crippen MR) is 89.6 cm³/mol. The summed E-state index contributed by atoms with van der Waals surface area (Å²) >= 11 is 0. The molecule has 1 aromatic carbocycles. The molecule has 2 saturated carbocycles. The molecule has 32 heavy (non-hydrogen) atoms. The van der Waals surface area contributed by atoms with Crippen molar-refractivity contribution in [2.24, 2.45) is 17.8 Å². The zero-order valence-corrected chi connectivity index (χ0v) is 16.9. The van der Waals surface area contributed by atoms with E-state index in [2.05, 4.69) is 0 Å². The van der Waals surface area contributed by atoms with Crippen molar-refractivity contribution in [1.82, 2.24) is 0 Å². The molecule has 1 heterocycles. The van der Waals surface area contributed by atoms with Gasteiger partial charge in [0.05, 0.1) is 17.8 Å². The summed E-state index contributed by atoms with van der Waals surface area (Å²) in [6.07, 6.45) is -7.78. The largest absolute Gasteiger partial charge is 0.431 e. The molecular weight excluding hydrogens is 480 g/mol. The molecular formula is C18H16F8O5S. The molecule has 1 N–H and O–H groups in total. The van der Waals surface area contributed by atoms with Crippen LogP contribution in [-0.4, -0.2) is 36.4 Å². The van der Waals surface area contributed by atoms with Crippen LogP contribution in [0.15, 0.2) is 18.2 Å². The molecule has 0 aromatic heterocycles. The zero-order valence-electron chi connectivity index (χ0n) is 16.0. The Bertz CT molecular complexity index is 1040. The maximum absolute atomic E-state index is 14.5. The molecule has 1 saturated heterocycles. The van der Waals surface area contributed by atoms with Gasteiger partial charge < -0.3 is 9.47 Å². The maximum Gasteiger partial charge on any atom is 0.431 e. The minimum Gasteiger partial charge on any atom is -0.340 e. The van der Waals surface area contributed by atoms with E-state index >= 15 is 0 Å². The summed E-state index contributed by atoms with van der Waals surface area (Å²) in [7, 11) is -6.43. The number of fused-ring (bicyclic) bond motifs is 5. The second-order valence-corrected chi connectivity index (χ2v) is 9.92. The predicted octanol–water partition coefficient (Wildman–Crippen LogP) is 4.57. The quantitative estimate of drug-likeness (QED) is 0.489. The monoisotopic (exact) mass is 496 g/mol. The van der Waals surface area contributed by atoms with Gasteiger partial charge in [0.15, 0.2) is 5.79 Å². The molecule has 2 aliphatic carbocycles. The van der Waals surface area contributed by atoms with E-state index in [0.717, 1.165) is 13.0 Å². The van der Waals surface area contributed by atoms with E-state index in [1.54, 1.807) is 0 Å². The summed E-state index contributed by atoms with van der Waals surface area (Å²) in [5, 5.41) is -5.75. The van der Waals surface area contributed by atoms with Crippen molar-refractivity contribution in [2.75, 3.05) is 0 Å². The van der Waals surface area contributed by atoms with Crippen molar-refractivity contribution in [2.45, 2.75) is 55.1 Å². The fourth-order valence-electron chi connectivity index (χ4n) is 5.08. The van der Waals surface area contributed by atoms with Crippen LogP contribution in [0.25, 0.3) is 0 Å². The summed E-state index contributed by atoms with van der Waals surface area (Å²) in [5.41, 5.74) is -1.72. The van der Waals surface area contributed by atoms with Gasteiger partial charge >= 0.3 is 27.5 Å². The summed E-state index contributed by atoms with van der Waals surface area (Å²) < 4.78 is 151.